The van der Waals surface area contributed by atoms with E-state index in [4.69, 9.17) is 4.74 Å². The Morgan fingerprint density at radius 2 is 1.00 bits per heavy atom. The number of likely N-dealkylation sites (tertiary alicyclic amines) is 1. The smallest absolute Gasteiger partial charge is 0.410 e. The Balaban J connectivity index is 1.45. The van der Waals surface area contributed by atoms with Crippen molar-refractivity contribution in [3.63, 3.8) is 0 Å². The van der Waals surface area contributed by atoms with Crippen LogP contribution in [0.1, 0.15) is 18.1 Å². The molecule has 0 radical (unpaired) electrons. The third-order valence-corrected chi connectivity index (χ3v) is 8.09. The molecule has 0 N–H and O–H groups in total. The maximum absolute atomic E-state index is 14.3. The molecule has 0 aromatic heterocycles. The average Bonchev–Trinajstić information content (AvgIpc) is 3.02. The van der Waals surface area contributed by atoms with Gasteiger partial charge in [-0.1, -0.05) is 97.1 Å². The molecule has 6 aromatic rings. The maximum atomic E-state index is 14.3. The number of piperidine rings is 1. The van der Waals surface area contributed by atoms with E-state index in [-0.39, 0.29) is 25.5 Å². The van der Waals surface area contributed by atoms with Crippen molar-refractivity contribution in [3.05, 3.63) is 131 Å². The highest BCUT2D eigenvalue weighted by Crippen LogP contribution is 2.34. The molecule has 0 atom stereocenters. The number of fused-ring (bicyclic) bond motifs is 4. The van der Waals surface area contributed by atoms with Gasteiger partial charge < -0.3 is 4.74 Å². The molecule has 1 fully saturated rings. The third-order valence-electron chi connectivity index (χ3n) is 8.09. The fourth-order valence-corrected chi connectivity index (χ4v) is 6.14. The molecular formula is C38H29NO3. The van der Waals surface area contributed by atoms with Crippen molar-refractivity contribution >= 4 is 67.1 Å². The quantitative estimate of drug-likeness (QED) is 0.164. The highest BCUT2D eigenvalue weighted by Gasteiger charge is 2.30. The molecule has 0 saturated carbocycles. The zero-order valence-electron chi connectivity index (χ0n) is 23.3. The molecule has 0 aliphatic carbocycles. The first-order valence-electron chi connectivity index (χ1n) is 14.3. The van der Waals surface area contributed by atoms with Gasteiger partial charge in [0.05, 0.1) is 19.7 Å². The van der Waals surface area contributed by atoms with Gasteiger partial charge in [-0.15, -0.1) is 0 Å². The minimum Gasteiger partial charge on any atom is -0.450 e. The molecule has 1 aliphatic heterocycles. The number of Topliss-reactive ketones (excluding diaryl/α,β-unsaturated/α-hetero) is 1. The van der Waals surface area contributed by atoms with Gasteiger partial charge in [0.2, 0.25) is 0 Å². The number of carbonyl (C=O) groups is 2. The van der Waals surface area contributed by atoms with Gasteiger partial charge in [-0.05, 0) is 85.4 Å². The lowest BCUT2D eigenvalue weighted by molar-refractivity contribution is -0.113. The van der Waals surface area contributed by atoms with E-state index in [1.54, 1.807) is 11.8 Å². The SMILES string of the molecule is CCOC(=O)N1C/C(=C\c2c3ccccc3cc3ccccc23)C(=O)/C(=C/c2c3ccccc3cc3ccccc23)C1. The summed E-state index contributed by atoms with van der Waals surface area (Å²) in [4.78, 5) is 29.0. The highest BCUT2D eigenvalue weighted by atomic mass is 16.6. The lowest BCUT2D eigenvalue weighted by Crippen LogP contribution is -2.41. The van der Waals surface area contributed by atoms with Crippen LogP contribution < -0.4 is 0 Å². The molecule has 1 aliphatic rings. The summed E-state index contributed by atoms with van der Waals surface area (Å²) in [6.07, 6.45) is 3.54. The average molecular weight is 548 g/mol. The first kappa shape index (κ1) is 25.7. The summed E-state index contributed by atoms with van der Waals surface area (Å²) in [7, 11) is 0. The molecule has 0 spiro atoms. The fourth-order valence-electron chi connectivity index (χ4n) is 6.14. The van der Waals surface area contributed by atoms with E-state index in [0.717, 1.165) is 54.2 Å². The van der Waals surface area contributed by atoms with Crippen LogP contribution in [0.15, 0.2) is 120 Å². The fraction of sp³-hybridized carbons (Fsp3) is 0.105. The van der Waals surface area contributed by atoms with Gasteiger partial charge in [-0.2, -0.15) is 0 Å². The number of hydrogen-bond donors (Lipinski definition) is 0. The number of hydrogen-bond acceptors (Lipinski definition) is 3. The Labute approximate surface area is 244 Å². The summed E-state index contributed by atoms with van der Waals surface area (Å²) >= 11 is 0. The Morgan fingerprint density at radius 1 is 0.643 bits per heavy atom. The van der Waals surface area contributed by atoms with Crippen LogP contribution in [-0.2, 0) is 9.53 Å². The molecule has 204 valence electrons. The van der Waals surface area contributed by atoms with E-state index in [0.29, 0.717) is 11.1 Å². The molecular weight excluding hydrogens is 518 g/mol. The zero-order chi connectivity index (χ0) is 28.6. The van der Waals surface area contributed by atoms with Gasteiger partial charge in [-0.25, -0.2) is 4.79 Å². The van der Waals surface area contributed by atoms with Crippen molar-refractivity contribution < 1.29 is 14.3 Å². The second-order valence-corrected chi connectivity index (χ2v) is 10.7. The Bertz CT molecular complexity index is 1850. The number of rotatable bonds is 3. The molecule has 7 rings (SSSR count). The van der Waals surface area contributed by atoms with Gasteiger partial charge in [0.15, 0.2) is 5.78 Å². The maximum Gasteiger partial charge on any atom is 0.410 e. The number of carbonyl (C=O) groups excluding carboxylic acids is 2. The van der Waals surface area contributed by atoms with Crippen molar-refractivity contribution in [3.8, 4) is 0 Å². The van der Waals surface area contributed by atoms with Gasteiger partial charge in [-0.3, -0.25) is 9.69 Å². The van der Waals surface area contributed by atoms with Crippen molar-refractivity contribution in [2.75, 3.05) is 19.7 Å². The predicted molar refractivity (Wildman–Crippen MR) is 172 cm³/mol. The van der Waals surface area contributed by atoms with Crippen molar-refractivity contribution in [2.45, 2.75) is 6.92 Å². The number of amides is 1. The number of ether oxygens (including phenoxy) is 1. The topological polar surface area (TPSA) is 46.6 Å². The monoisotopic (exact) mass is 547 g/mol. The molecule has 42 heavy (non-hydrogen) atoms. The van der Waals surface area contributed by atoms with E-state index >= 15 is 0 Å². The lowest BCUT2D eigenvalue weighted by Gasteiger charge is -2.29. The van der Waals surface area contributed by atoms with E-state index < -0.39 is 6.09 Å². The van der Waals surface area contributed by atoms with Gasteiger partial charge in [0.1, 0.15) is 0 Å². The lowest BCUT2D eigenvalue weighted by atomic mass is 9.89. The van der Waals surface area contributed by atoms with Crippen LogP contribution >= 0.6 is 0 Å². The van der Waals surface area contributed by atoms with E-state index in [1.165, 1.54) is 0 Å². The standard InChI is InChI=1S/C38H29NO3/c1-2-42-38(41)39-23-29(21-35-31-15-7-3-11-25(31)19-26-12-4-8-16-32(26)35)37(40)30(24-39)22-36-33-17-9-5-13-27(33)20-28-14-6-10-18-34(28)36/h3-22H,2,23-24H2,1H3/b29-21+,30-22+. The summed E-state index contributed by atoms with van der Waals surface area (Å²) < 4.78 is 5.42. The van der Waals surface area contributed by atoms with Crippen molar-refractivity contribution in [2.24, 2.45) is 0 Å². The van der Waals surface area contributed by atoms with E-state index in [1.807, 2.05) is 60.7 Å². The van der Waals surface area contributed by atoms with Gasteiger partial charge in [0, 0.05) is 11.1 Å². The zero-order valence-corrected chi connectivity index (χ0v) is 23.3. The molecule has 0 bridgehead atoms. The molecule has 1 amide bonds. The summed E-state index contributed by atoms with van der Waals surface area (Å²) in [6, 6.07) is 37.2. The number of benzene rings is 6. The van der Waals surface area contributed by atoms with Crippen molar-refractivity contribution in [1.29, 1.82) is 0 Å². The first-order valence-corrected chi connectivity index (χ1v) is 14.3. The minimum atomic E-state index is -0.424. The summed E-state index contributed by atoms with van der Waals surface area (Å²) in [6.45, 7) is 2.43. The van der Waals surface area contributed by atoms with Crippen LogP contribution in [0.4, 0.5) is 4.79 Å². The van der Waals surface area contributed by atoms with E-state index in [9.17, 15) is 9.59 Å². The normalized spacial score (nSPS) is 15.8. The van der Waals surface area contributed by atoms with Crippen LogP contribution in [0, 0.1) is 0 Å². The molecule has 4 nitrogen and oxygen atoms in total. The second-order valence-electron chi connectivity index (χ2n) is 10.7. The largest absolute Gasteiger partial charge is 0.450 e. The Kier molecular flexibility index (Phi) is 6.52. The van der Waals surface area contributed by atoms with Crippen LogP contribution in [0.5, 0.6) is 0 Å². The van der Waals surface area contributed by atoms with Crippen LogP contribution in [0.2, 0.25) is 0 Å². The number of ketones is 1. The summed E-state index contributed by atoms with van der Waals surface area (Å²) in [5.41, 5.74) is 3.08. The Morgan fingerprint density at radius 3 is 1.36 bits per heavy atom. The Hall–Kier alpha value is -5.22. The van der Waals surface area contributed by atoms with Crippen LogP contribution in [-0.4, -0.2) is 36.5 Å². The third kappa shape index (κ3) is 4.51. The first-order chi connectivity index (χ1) is 20.6. The van der Waals surface area contributed by atoms with Gasteiger partial charge >= 0.3 is 6.09 Å². The van der Waals surface area contributed by atoms with Gasteiger partial charge in [0.25, 0.3) is 0 Å². The molecule has 6 aromatic carbocycles. The van der Waals surface area contributed by atoms with Crippen LogP contribution in [0.3, 0.4) is 0 Å². The second kappa shape index (κ2) is 10.6. The minimum absolute atomic E-state index is 0.0513. The van der Waals surface area contributed by atoms with Crippen molar-refractivity contribution in [1.82, 2.24) is 4.90 Å². The molecule has 4 heteroatoms. The number of nitrogens with zero attached hydrogens (tertiary/aromatic N) is 1. The molecule has 0 unspecified atom stereocenters. The van der Waals surface area contributed by atoms with Crippen LogP contribution in [0.25, 0.3) is 55.2 Å². The highest BCUT2D eigenvalue weighted by molar-refractivity contribution is 6.19. The molecule has 1 heterocycles. The summed E-state index contributed by atoms with van der Waals surface area (Å²) in [5.74, 6) is -0.0513. The molecule has 1 saturated heterocycles. The van der Waals surface area contributed by atoms with E-state index in [2.05, 4.69) is 60.7 Å². The summed E-state index contributed by atoms with van der Waals surface area (Å²) in [5, 5.41) is 8.67. The predicted octanol–water partition coefficient (Wildman–Crippen LogP) is 8.81.